The highest BCUT2D eigenvalue weighted by Gasteiger charge is 2.25. The Morgan fingerprint density at radius 1 is 1.42 bits per heavy atom. The molecule has 1 heterocycles. The number of likely N-dealkylation sites (N-methyl/N-ethyl adjacent to an activating group) is 1. The van der Waals surface area contributed by atoms with Crippen LogP contribution < -0.4 is 10.2 Å². The molecular formula is C12H15F2N3O2. The molecule has 1 aromatic carbocycles. The molecule has 1 aliphatic heterocycles. The van der Waals surface area contributed by atoms with E-state index in [4.69, 9.17) is 0 Å². The number of hydrogen-bond donors (Lipinski definition) is 1. The van der Waals surface area contributed by atoms with Crippen molar-refractivity contribution in [2.45, 2.75) is 18.9 Å². The molecule has 0 radical (unpaired) electrons. The molecule has 2 rings (SSSR count). The van der Waals surface area contributed by atoms with Gasteiger partial charge in [0.05, 0.1) is 17.1 Å². The smallest absolute Gasteiger partial charge is 0.275 e. The van der Waals surface area contributed by atoms with E-state index in [2.05, 4.69) is 5.32 Å². The van der Waals surface area contributed by atoms with E-state index in [1.807, 2.05) is 0 Å². The Hall–Kier alpha value is -1.76. The summed E-state index contributed by atoms with van der Waals surface area (Å²) in [5, 5.41) is 13.7. The predicted molar refractivity (Wildman–Crippen MR) is 67.3 cm³/mol. The third-order valence-corrected chi connectivity index (χ3v) is 3.38. The lowest BCUT2D eigenvalue weighted by Gasteiger charge is -2.33. The summed E-state index contributed by atoms with van der Waals surface area (Å²) in [7, 11) is 1.60. The summed E-state index contributed by atoms with van der Waals surface area (Å²) in [4.78, 5) is 11.2. The van der Waals surface area contributed by atoms with Crippen molar-refractivity contribution in [3.63, 3.8) is 0 Å². The highest BCUT2D eigenvalue weighted by Crippen LogP contribution is 2.29. The molecule has 1 aliphatic rings. The first-order valence-corrected chi connectivity index (χ1v) is 6.07. The molecule has 0 aliphatic carbocycles. The lowest BCUT2D eigenvalue weighted by Crippen LogP contribution is -2.44. The van der Waals surface area contributed by atoms with Crippen molar-refractivity contribution in [1.29, 1.82) is 0 Å². The van der Waals surface area contributed by atoms with Crippen molar-refractivity contribution in [3.8, 4) is 0 Å². The number of nitro benzene ring substituents is 1. The molecule has 0 saturated carbocycles. The Labute approximate surface area is 109 Å². The number of nitro groups is 1. The van der Waals surface area contributed by atoms with Crippen molar-refractivity contribution >= 4 is 11.4 Å². The van der Waals surface area contributed by atoms with E-state index in [-0.39, 0.29) is 11.7 Å². The van der Waals surface area contributed by atoms with Crippen LogP contribution in [-0.4, -0.2) is 31.1 Å². The van der Waals surface area contributed by atoms with Crippen LogP contribution in [0, 0.1) is 21.7 Å². The van der Waals surface area contributed by atoms with E-state index in [1.165, 1.54) is 4.90 Å². The Bertz CT molecular complexity index is 467. The number of hydrogen-bond acceptors (Lipinski definition) is 4. The summed E-state index contributed by atoms with van der Waals surface area (Å²) >= 11 is 0. The number of anilines is 1. The standard InChI is InChI=1S/C12H15F2N3O2/c1-16(8-3-2-4-15-7-8)12-10(13)5-9(17(18)19)6-11(12)14/h5-6,8,15H,2-4,7H2,1H3. The van der Waals surface area contributed by atoms with Gasteiger partial charge in [-0.15, -0.1) is 0 Å². The summed E-state index contributed by atoms with van der Waals surface area (Å²) in [5.41, 5.74) is -0.784. The van der Waals surface area contributed by atoms with Gasteiger partial charge in [0, 0.05) is 19.6 Å². The van der Waals surface area contributed by atoms with Crippen molar-refractivity contribution in [2.24, 2.45) is 0 Å². The van der Waals surface area contributed by atoms with Gasteiger partial charge in [-0.3, -0.25) is 10.1 Å². The predicted octanol–water partition coefficient (Wildman–Crippen LogP) is 2.06. The van der Waals surface area contributed by atoms with Crippen LogP contribution >= 0.6 is 0 Å². The molecule has 1 fully saturated rings. The topological polar surface area (TPSA) is 58.4 Å². The van der Waals surface area contributed by atoms with Crippen molar-refractivity contribution in [2.75, 3.05) is 25.0 Å². The minimum Gasteiger partial charge on any atom is -0.366 e. The minimum atomic E-state index is -0.903. The summed E-state index contributed by atoms with van der Waals surface area (Å²) in [5.74, 6) is -1.81. The molecule has 7 heteroatoms. The molecule has 0 spiro atoms. The van der Waals surface area contributed by atoms with Gasteiger partial charge in [-0.1, -0.05) is 0 Å². The van der Waals surface area contributed by atoms with Gasteiger partial charge in [0.1, 0.15) is 5.69 Å². The maximum Gasteiger partial charge on any atom is 0.275 e. The first-order chi connectivity index (χ1) is 9.00. The SMILES string of the molecule is CN(c1c(F)cc([N+](=O)[O-])cc1F)C1CCCNC1. The first-order valence-electron chi connectivity index (χ1n) is 6.07. The zero-order chi connectivity index (χ0) is 14.0. The van der Waals surface area contributed by atoms with Crippen molar-refractivity contribution in [3.05, 3.63) is 33.9 Å². The van der Waals surface area contributed by atoms with Crippen LogP contribution in [0.15, 0.2) is 12.1 Å². The maximum absolute atomic E-state index is 13.9. The van der Waals surface area contributed by atoms with Gasteiger partial charge >= 0.3 is 0 Å². The fourth-order valence-corrected chi connectivity index (χ4v) is 2.34. The van der Waals surface area contributed by atoms with Crippen LogP contribution in [0.5, 0.6) is 0 Å². The quantitative estimate of drug-likeness (QED) is 0.675. The lowest BCUT2D eigenvalue weighted by molar-refractivity contribution is -0.385. The first kappa shape index (κ1) is 13.7. The van der Waals surface area contributed by atoms with E-state index < -0.39 is 22.2 Å². The van der Waals surface area contributed by atoms with Gasteiger partial charge in [-0.05, 0) is 19.4 Å². The number of piperidine rings is 1. The largest absolute Gasteiger partial charge is 0.366 e. The Kier molecular flexibility index (Phi) is 3.94. The molecule has 1 N–H and O–H groups in total. The molecule has 104 valence electrons. The zero-order valence-corrected chi connectivity index (χ0v) is 10.5. The summed E-state index contributed by atoms with van der Waals surface area (Å²) < 4.78 is 27.7. The fourth-order valence-electron chi connectivity index (χ4n) is 2.34. The molecule has 0 amide bonds. The van der Waals surface area contributed by atoms with Crippen molar-refractivity contribution < 1.29 is 13.7 Å². The average molecular weight is 271 g/mol. The highest BCUT2D eigenvalue weighted by atomic mass is 19.1. The van der Waals surface area contributed by atoms with Crippen LogP contribution in [0.2, 0.25) is 0 Å². The number of non-ortho nitro benzene ring substituents is 1. The van der Waals surface area contributed by atoms with Gasteiger partial charge < -0.3 is 10.2 Å². The molecule has 1 atom stereocenters. The molecule has 19 heavy (non-hydrogen) atoms. The van der Waals surface area contributed by atoms with Gasteiger partial charge in [-0.25, -0.2) is 8.78 Å². The van der Waals surface area contributed by atoms with Crippen molar-refractivity contribution in [1.82, 2.24) is 5.32 Å². The fraction of sp³-hybridized carbons (Fsp3) is 0.500. The van der Waals surface area contributed by atoms with E-state index >= 15 is 0 Å². The Morgan fingerprint density at radius 3 is 2.53 bits per heavy atom. The summed E-state index contributed by atoms with van der Waals surface area (Å²) in [6.07, 6.45) is 1.77. The highest BCUT2D eigenvalue weighted by molar-refractivity contribution is 5.54. The van der Waals surface area contributed by atoms with Crippen LogP contribution in [0.3, 0.4) is 0 Å². The van der Waals surface area contributed by atoms with Gasteiger partial charge in [0.2, 0.25) is 0 Å². The van der Waals surface area contributed by atoms with E-state index in [1.54, 1.807) is 7.05 Å². The van der Waals surface area contributed by atoms with E-state index in [0.717, 1.165) is 31.5 Å². The second kappa shape index (κ2) is 5.48. The maximum atomic E-state index is 13.9. The Balaban J connectivity index is 2.30. The van der Waals surface area contributed by atoms with Gasteiger partial charge in [0.15, 0.2) is 11.6 Å². The van der Waals surface area contributed by atoms with Crippen LogP contribution in [-0.2, 0) is 0 Å². The molecule has 0 bridgehead atoms. The minimum absolute atomic E-state index is 0.0146. The normalized spacial score (nSPS) is 19.2. The number of nitrogens with one attached hydrogen (secondary N) is 1. The lowest BCUT2D eigenvalue weighted by atomic mass is 10.1. The van der Waals surface area contributed by atoms with Crippen LogP contribution in [0.25, 0.3) is 0 Å². The molecule has 1 saturated heterocycles. The molecule has 1 unspecified atom stereocenters. The molecule has 5 nitrogen and oxygen atoms in total. The van der Waals surface area contributed by atoms with E-state index in [0.29, 0.717) is 6.54 Å². The molecule has 0 aromatic heterocycles. The molecule has 1 aromatic rings. The third kappa shape index (κ3) is 2.81. The summed E-state index contributed by atoms with van der Waals surface area (Å²) in [6, 6.07) is 1.50. The van der Waals surface area contributed by atoms with E-state index in [9.17, 15) is 18.9 Å². The second-order valence-corrected chi connectivity index (χ2v) is 4.63. The summed E-state index contributed by atoms with van der Waals surface area (Å²) in [6.45, 7) is 1.54. The number of nitrogens with zero attached hydrogens (tertiary/aromatic N) is 2. The van der Waals surface area contributed by atoms with Gasteiger partial charge in [-0.2, -0.15) is 0 Å². The van der Waals surface area contributed by atoms with Crippen LogP contribution in [0.1, 0.15) is 12.8 Å². The van der Waals surface area contributed by atoms with Gasteiger partial charge in [0.25, 0.3) is 5.69 Å². The number of rotatable bonds is 3. The number of halogens is 2. The zero-order valence-electron chi connectivity index (χ0n) is 10.5. The van der Waals surface area contributed by atoms with Crippen LogP contribution in [0.4, 0.5) is 20.2 Å². The monoisotopic (exact) mass is 271 g/mol. The average Bonchev–Trinajstić information content (AvgIpc) is 2.38. The third-order valence-electron chi connectivity index (χ3n) is 3.38. The number of benzene rings is 1. The molecular weight excluding hydrogens is 256 g/mol. The second-order valence-electron chi connectivity index (χ2n) is 4.63. The Morgan fingerprint density at radius 2 is 2.05 bits per heavy atom.